The van der Waals surface area contributed by atoms with Gasteiger partial charge >= 0.3 is 0 Å². The van der Waals surface area contributed by atoms with Gasteiger partial charge in [0.2, 0.25) is 5.91 Å². The molecule has 0 bridgehead atoms. The van der Waals surface area contributed by atoms with Gasteiger partial charge in [-0.2, -0.15) is 0 Å². The number of hydrogen-bond acceptors (Lipinski definition) is 3. The van der Waals surface area contributed by atoms with Gasteiger partial charge in [0, 0.05) is 17.2 Å². The maximum Gasteiger partial charge on any atom is 0.251 e. The Morgan fingerprint density at radius 1 is 1.08 bits per heavy atom. The minimum absolute atomic E-state index is 0.0106. The molecule has 1 unspecified atom stereocenters. The number of nitrogens with one attached hydrogen (secondary N) is 2. The summed E-state index contributed by atoms with van der Waals surface area (Å²) in [6, 6.07) is 9.56. The highest BCUT2D eigenvalue weighted by atomic mass is 19.1. The van der Waals surface area contributed by atoms with Crippen molar-refractivity contribution in [2.45, 2.75) is 19.4 Å². The van der Waals surface area contributed by atoms with Crippen molar-refractivity contribution < 1.29 is 23.1 Å². The first kappa shape index (κ1) is 19.4. The molecule has 26 heavy (non-hydrogen) atoms. The number of ether oxygens (including phenoxy) is 1. The highest BCUT2D eigenvalue weighted by molar-refractivity contribution is 5.96. The summed E-state index contributed by atoms with van der Waals surface area (Å²) in [7, 11) is 1.52. The lowest BCUT2D eigenvalue weighted by molar-refractivity contribution is -0.120. The summed E-state index contributed by atoms with van der Waals surface area (Å²) in [4.78, 5) is 23.9. The second kappa shape index (κ2) is 8.94. The van der Waals surface area contributed by atoms with E-state index >= 15 is 0 Å². The summed E-state index contributed by atoms with van der Waals surface area (Å²) >= 11 is 0. The summed E-state index contributed by atoms with van der Waals surface area (Å²) in [5.41, 5.74) is 0.308. The largest absolute Gasteiger partial charge is 0.497 e. The van der Waals surface area contributed by atoms with E-state index in [0.29, 0.717) is 11.3 Å². The molecule has 2 aromatic carbocycles. The predicted octanol–water partition coefficient (Wildman–Crippen LogP) is 2.45. The van der Waals surface area contributed by atoms with Crippen LogP contribution in [0, 0.1) is 11.6 Å². The average molecular weight is 362 g/mol. The van der Waals surface area contributed by atoms with Gasteiger partial charge in [0.05, 0.1) is 13.7 Å². The van der Waals surface area contributed by atoms with Crippen LogP contribution in [-0.2, 0) is 11.2 Å². The van der Waals surface area contributed by atoms with Crippen molar-refractivity contribution in [1.82, 2.24) is 10.6 Å². The molecule has 1 atom stereocenters. The van der Waals surface area contributed by atoms with Gasteiger partial charge < -0.3 is 15.4 Å². The van der Waals surface area contributed by atoms with E-state index in [2.05, 4.69) is 10.6 Å². The van der Waals surface area contributed by atoms with Crippen LogP contribution in [0.2, 0.25) is 0 Å². The Bertz CT molecular complexity index is 759. The van der Waals surface area contributed by atoms with E-state index in [1.165, 1.54) is 25.3 Å². The topological polar surface area (TPSA) is 67.4 Å². The fourth-order valence-corrected chi connectivity index (χ4v) is 2.42. The maximum atomic E-state index is 13.6. The lowest BCUT2D eigenvalue weighted by Gasteiger charge is -2.15. The zero-order valence-corrected chi connectivity index (χ0v) is 14.5. The van der Waals surface area contributed by atoms with Crippen molar-refractivity contribution in [3.8, 4) is 5.75 Å². The van der Waals surface area contributed by atoms with Gasteiger partial charge in [-0.15, -0.1) is 0 Å². The summed E-state index contributed by atoms with van der Waals surface area (Å²) in [6.45, 7) is 1.39. The van der Waals surface area contributed by atoms with E-state index in [-0.39, 0.29) is 18.5 Å². The van der Waals surface area contributed by atoms with Crippen LogP contribution in [0.4, 0.5) is 8.78 Å². The monoisotopic (exact) mass is 362 g/mol. The van der Waals surface area contributed by atoms with Crippen LogP contribution in [0.5, 0.6) is 5.75 Å². The zero-order chi connectivity index (χ0) is 19.1. The van der Waals surface area contributed by atoms with Crippen LogP contribution < -0.4 is 15.4 Å². The standard InChI is InChI=1S/C19H20F2N2O3/c1-12(10-15-16(20)4-3-5-17(15)21)23-18(24)11-22-19(25)13-6-8-14(26-2)9-7-13/h3-9,12H,10-11H2,1-2H3,(H,22,25)(H,23,24). The molecule has 138 valence electrons. The van der Waals surface area contributed by atoms with Gasteiger partial charge in [0.25, 0.3) is 5.91 Å². The number of benzene rings is 2. The summed E-state index contributed by atoms with van der Waals surface area (Å²) in [5.74, 6) is -1.54. The zero-order valence-electron chi connectivity index (χ0n) is 14.5. The first-order chi connectivity index (χ1) is 12.4. The molecule has 2 N–H and O–H groups in total. The molecule has 0 aliphatic heterocycles. The number of hydrogen-bond donors (Lipinski definition) is 2. The third-order valence-electron chi connectivity index (χ3n) is 3.74. The van der Waals surface area contributed by atoms with E-state index in [0.717, 1.165) is 0 Å². The minimum atomic E-state index is -0.654. The van der Waals surface area contributed by atoms with Gasteiger partial charge in [-0.05, 0) is 49.7 Å². The number of carbonyl (C=O) groups excluding carboxylic acids is 2. The van der Waals surface area contributed by atoms with E-state index in [9.17, 15) is 18.4 Å². The Morgan fingerprint density at radius 2 is 1.69 bits per heavy atom. The van der Waals surface area contributed by atoms with Gasteiger partial charge in [0.1, 0.15) is 17.4 Å². The molecular weight excluding hydrogens is 342 g/mol. The molecule has 0 aliphatic rings. The smallest absolute Gasteiger partial charge is 0.251 e. The second-order valence-electron chi connectivity index (χ2n) is 5.78. The minimum Gasteiger partial charge on any atom is -0.497 e. The molecule has 0 saturated carbocycles. The molecule has 0 aromatic heterocycles. The molecule has 2 aromatic rings. The van der Waals surface area contributed by atoms with Crippen LogP contribution in [-0.4, -0.2) is 31.5 Å². The molecule has 0 spiro atoms. The van der Waals surface area contributed by atoms with Crippen molar-refractivity contribution in [1.29, 1.82) is 0 Å². The number of methoxy groups -OCH3 is 1. The van der Waals surface area contributed by atoms with Gasteiger partial charge in [0.15, 0.2) is 0 Å². The summed E-state index contributed by atoms with van der Waals surface area (Å²) in [6.07, 6.45) is 0.0106. The van der Waals surface area contributed by atoms with Crippen molar-refractivity contribution in [2.75, 3.05) is 13.7 Å². The Labute approximate surface area is 150 Å². The molecule has 0 saturated heterocycles. The van der Waals surface area contributed by atoms with Crippen LogP contribution >= 0.6 is 0 Å². The van der Waals surface area contributed by atoms with Crippen molar-refractivity contribution in [3.63, 3.8) is 0 Å². The van der Waals surface area contributed by atoms with E-state index in [4.69, 9.17) is 4.74 Å². The molecular formula is C19H20F2N2O3. The Balaban J connectivity index is 1.83. The first-order valence-electron chi connectivity index (χ1n) is 8.05. The SMILES string of the molecule is COc1ccc(C(=O)NCC(=O)NC(C)Cc2c(F)cccc2F)cc1. The fraction of sp³-hybridized carbons (Fsp3) is 0.263. The normalized spacial score (nSPS) is 11.5. The quantitative estimate of drug-likeness (QED) is 0.795. The Morgan fingerprint density at radius 3 is 2.27 bits per heavy atom. The number of carbonyl (C=O) groups is 2. The first-order valence-corrected chi connectivity index (χ1v) is 8.05. The molecule has 2 amide bonds. The van der Waals surface area contributed by atoms with Crippen LogP contribution in [0.1, 0.15) is 22.8 Å². The lowest BCUT2D eigenvalue weighted by Crippen LogP contribution is -2.41. The molecule has 5 nitrogen and oxygen atoms in total. The van der Waals surface area contributed by atoms with Crippen LogP contribution in [0.15, 0.2) is 42.5 Å². The third-order valence-corrected chi connectivity index (χ3v) is 3.74. The maximum absolute atomic E-state index is 13.6. The van der Waals surface area contributed by atoms with Crippen LogP contribution in [0.25, 0.3) is 0 Å². The number of amides is 2. The molecule has 0 heterocycles. The van der Waals surface area contributed by atoms with E-state index < -0.39 is 29.5 Å². The van der Waals surface area contributed by atoms with Crippen molar-refractivity contribution in [2.24, 2.45) is 0 Å². The molecule has 0 radical (unpaired) electrons. The average Bonchev–Trinajstić information content (AvgIpc) is 2.63. The fourth-order valence-electron chi connectivity index (χ4n) is 2.42. The molecule has 0 aliphatic carbocycles. The van der Waals surface area contributed by atoms with Gasteiger partial charge in [-0.1, -0.05) is 6.07 Å². The number of halogens is 2. The Kier molecular flexibility index (Phi) is 6.66. The highest BCUT2D eigenvalue weighted by Gasteiger charge is 2.15. The number of rotatable bonds is 7. The van der Waals surface area contributed by atoms with Crippen molar-refractivity contribution in [3.05, 3.63) is 65.2 Å². The summed E-state index contributed by atoms with van der Waals surface area (Å²) < 4.78 is 32.3. The molecule has 7 heteroatoms. The Hall–Kier alpha value is -2.96. The van der Waals surface area contributed by atoms with Crippen LogP contribution in [0.3, 0.4) is 0 Å². The second-order valence-corrected chi connectivity index (χ2v) is 5.78. The van der Waals surface area contributed by atoms with Gasteiger partial charge in [-0.3, -0.25) is 9.59 Å². The van der Waals surface area contributed by atoms with E-state index in [1.807, 2.05) is 0 Å². The van der Waals surface area contributed by atoms with E-state index in [1.54, 1.807) is 31.2 Å². The highest BCUT2D eigenvalue weighted by Crippen LogP contribution is 2.14. The molecule has 0 fully saturated rings. The van der Waals surface area contributed by atoms with Gasteiger partial charge in [-0.25, -0.2) is 8.78 Å². The predicted molar refractivity (Wildman–Crippen MR) is 93.0 cm³/mol. The third kappa shape index (κ3) is 5.27. The summed E-state index contributed by atoms with van der Waals surface area (Å²) in [5, 5.41) is 5.09. The van der Waals surface area contributed by atoms with Crippen molar-refractivity contribution >= 4 is 11.8 Å². The lowest BCUT2D eigenvalue weighted by atomic mass is 10.1. The molecule has 2 rings (SSSR count).